The minimum absolute atomic E-state index is 0.517. The first-order valence-electron chi connectivity index (χ1n) is 7.24. The third-order valence-corrected chi connectivity index (χ3v) is 3.99. The third-order valence-electron chi connectivity index (χ3n) is 3.99. The van der Waals surface area contributed by atoms with Gasteiger partial charge in [0.05, 0.1) is 6.42 Å². The van der Waals surface area contributed by atoms with Crippen molar-refractivity contribution in [3.05, 3.63) is 48.0 Å². The third kappa shape index (κ3) is 2.57. The molecule has 0 aliphatic carbocycles. The predicted molar refractivity (Wildman–Crippen MR) is 82.7 cm³/mol. The van der Waals surface area contributed by atoms with E-state index in [0.717, 1.165) is 28.4 Å². The van der Waals surface area contributed by atoms with Gasteiger partial charge in [0.2, 0.25) is 0 Å². The minimum Gasteiger partial charge on any atom is -0.341 e. The van der Waals surface area contributed by atoms with Crippen LogP contribution in [0.1, 0.15) is 24.9 Å². The van der Waals surface area contributed by atoms with Gasteiger partial charge in [-0.2, -0.15) is 13.2 Å². The summed E-state index contributed by atoms with van der Waals surface area (Å²) in [5.41, 5.74) is 8.35. The van der Waals surface area contributed by atoms with Crippen molar-refractivity contribution >= 4 is 21.8 Å². The highest BCUT2D eigenvalue weighted by molar-refractivity contribution is 6.08. The lowest BCUT2D eigenvalue weighted by molar-refractivity contribution is -0.138. The second-order valence-corrected chi connectivity index (χ2v) is 5.46. The van der Waals surface area contributed by atoms with E-state index in [4.69, 9.17) is 5.73 Å². The second-order valence-electron chi connectivity index (χ2n) is 5.46. The summed E-state index contributed by atoms with van der Waals surface area (Å²) in [6, 6.07) is 12.2. The standard InChI is InChI=1S/C17H17F3N2/c1-2-22-15-6-4-3-5-12(15)13-9-11(7-8-16(13)22)14(21)10-17(18,19)20/h3-9,14H,2,10,21H2,1H3/t14-/m0/s1. The van der Waals surface area contributed by atoms with Crippen LogP contribution in [0.5, 0.6) is 0 Å². The summed E-state index contributed by atoms with van der Waals surface area (Å²) < 4.78 is 39.8. The molecule has 0 saturated heterocycles. The van der Waals surface area contributed by atoms with E-state index in [1.54, 1.807) is 12.1 Å². The van der Waals surface area contributed by atoms with Crippen molar-refractivity contribution in [2.24, 2.45) is 5.73 Å². The molecule has 2 aromatic carbocycles. The van der Waals surface area contributed by atoms with Crippen LogP contribution in [0, 0.1) is 0 Å². The van der Waals surface area contributed by atoms with Crippen molar-refractivity contribution in [1.82, 2.24) is 4.57 Å². The maximum Gasteiger partial charge on any atom is 0.390 e. The van der Waals surface area contributed by atoms with Crippen molar-refractivity contribution in [3.8, 4) is 0 Å². The number of alkyl halides is 3. The summed E-state index contributed by atoms with van der Waals surface area (Å²) in [6.07, 6.45) is -5.27. The molecule has 0 bridgehead atoms. The fourth-order valence-electron chi connectivity index (χ4n) is 3.01. The number of halogens is 3. The van der Waals surface area contributed by atoms with E-state index in [2.05, 4.69) is 11.5 Å². The Bertz CT molecular complexity index is 818. The van der Waals surface area contributed by atoms with Gasteiger partial charge in [0.15, 0.2) is 0 Å². The Hall–Kier alpha value is -2.01. The Kier molecular flexibility index (Phi) is 3.60. The van der Waals surface area contributed by atoms with E-state index in [0.29, 0.717) is 5.56 Å². The Morgan fingerprint density at radius 2 is 1.73 bits per heavy atom. The summed E-state index contributed by atoms with van der Waals surface area (Å²) in [4.78, 5) is 0. The molecule has 2 nitrogen and oxygen atoms in total. The summed E-state index contributed by atoms with van der Waals surface area (Å²) >= 11 is 0. The topological polar surface area (TPSA) is 30.9 Å². The number of para-hydroxylation sites is 1. The monoisotopic (exact) mass is 306 g/mol. The smallest absolute Gasteiger partial charge is 0.341 e. The van der Waals surface area contributed by atoms with Crippen molar-refractivity contribution in [3.63, 3.8) is 0 Å². The molecule has 22 heavy (non-hydrogen) atoms. The molecule has 1 heterocycles. The number of rotatable bonds is 3. The molecule has 0 spiro atoms. The molecule has 0 aliphatic heterocycles. The molecule has 0 fully saturated rings. The molecule has 5 heteroatoms. The summed E-state index contributed by atoms with van der Waals surface area (Å²) in [7, 11) is 0. The number of benzene rings is 2. The van der Waals surface area contributed by atoms with Crippen LogP contribution in [-0.2, 0) is 6.54 Å². The molecular weight excluding hydrogens is 289 g/mol. The van der Waals surface area contributed by atoms with E-state index in [-0.39, 0.29) is 0 Å². The van der Waals surface area contributed by atoms with Gasteiger partial charge in [-0.15, -0.1) is 0 Å². The Morgan fingerprint density at radius 3 is 2.41 bits per heavy atom. The fraction of sp³-hybridized carbons (Fsp3) is 0.294. The highest BCUT2D eigenvalue weighted by Gasteiger charge is 2.31. The zero-order valence-electron chi connectivity index (χ0n) is 12.2. The zero-order chi connectivity index (χ0) is 15.9. The molecule has 0 unspecified atom stereocenters. The molecule has 0 aliphatic rings. The van der Waals surface area contributed by atoms with Crippen molar-refractivity contribution < 1.29 is 13.2 Å². The molecule has 3 aromatic rings. The van der Waals surface area contributed by atoms with Gasteiger partial charge in [0.1, 0.15) is 0 Å². The van der Waals surface area contributed by atoms with Crippen LogP contribution in [-0.4, -0.2) is 10.7 Å². The van der Waals surface area contributed by atoms with Crippen LogP contribution >= 0.6 is 0 Å². The number of nitrogens with zero attached hydrogens (tertiary/aromatic N) is 1. The highest BCUT2D eigenvalue weighted by atomic mass is 19.4. The summed E-state index contributed by atoms with van der Waals surface area (Å²) in [5, 5.41) is 1.99. The maximum atomic E-state index is 12.5. The molecule has 0 radical (unpaired) electrons. The fourth-order valence-corrected chi connectivity index (χ4v) is 3.01. The maximum absolute atomic E-state index is 12.5. The lowest BCUT2D eigenvalue weighted by Gasteiger charge is -2.14. The van der Waals surface area contributed by atoms with Crippen LogP contribution < -0.4 is 5.73 Å². The zero-order valence-corrected chi connectivity index (χ0v) is 12.2. The lowest BCUT2D eigenvalue weighted by Crippen LogP contribution is -2.20. The van der Waals surface area contributed by atoms with Gasteiger partial charge in [0.25, 0.3) is 0 Å². The average Bonchev–Trinajstić information content (AvgIpc) is 2.78. The predicted octanol–water partition coefficient (Wildman–Crippen LogP) is 4.77. The number of nitrogens with two attached hydrogens (primary N) is 1. The lowest BCUT2D eigenvalue weighted by atomic mass is 10.0. The van der Waals surface area contributed by atoms with Crippen LogP contribution in [0.3, 0.4) is 0 Å². The first-order valence-corrected chi connectivity index (χ1v) is 7.24. The van der Waals surface area contributed by atoms with Crippen LogP contribution in [0.4, 0.5) is 13.2 Å². The van der Waals surface area contributed by atoms with E-state index in [9.17, 15) is 13.2 Å². The van der Waals surface area contributed by atoms with Gasteiger partial charge < -0.3 is 10.3 Å². The molecular formula is C17H17F3N2. The minimum atomic E-state index is -4.26. The van der Waals surface area contributed by atoms with E-state index in [1.165, 1.54) is 0 Å². The van der Waals surface area contributed by atoms with Gasteiger partial charge in [-0.1, -0.05) is 24.3 Å². The number of aryl methyl sites for hydroxylation is 1. The summed E-state index contributed by atoms with van der Waals surface area (Å²) in [6.45, 7) is 2.85. The SMILES string of the molecule is CCn1c2ccccc2c2cc([C@@H](N)CC(F)(F)F)ccc21. The van der Waals surface area contributed by atoms with Gasteiger partial charge in [-0.3, -0.25) is 0 Å². The van der Waals surface area contributed by atoms with Gasteiger partial charge in [-0.25, -0.2) is 0 Å². The van der Waals surface area contributed by atoms with Crippen LogP contribution in [0.15, 0.2) is 42.5 Å². The van der Waals surface area contributed by atoms with Crippen molar-refractivity contribution in [2.75, 3.05) is 0 Å². The van der Waals surface area contributed by atoms with Gasteiger partial charge in [-0.05, 0) is 30.7 Å². The Balaban J connectivity index is 2.16. The van der Waals surface area contributed by atoms with E-state index < -0.39 is 18.6 Å². The largest absolute Gasteiger partial charge is 0.390 e. The molecule has 0 saturated carbocycles. The van der Waals surface area contributed by atoms with Gasteiger partial charge >= 0.3 is 6.18 Å². The second kappa shape index (κ2) is 5.32. The quantitative estimate of drug-likeness (QED) is 0.742. The Labute approximate surface area is 126 Å². The first kappa shape index (κ1) is 14.9. The number of fused-ring (bicyclic) bond motifs is 3. The molecule has 2 N–H and O–H groups in total. The van der Waals surface area contributed by atoms with E-state index >= 15 is 0 Å². The molecule has 3 rings (SSSR count). The molecule has 0 amide bonds. The van der Waals surface area contributed by atoms with Crippen molar-refractivity contribution in [1.29, 1.82) is 0 Å². The van der Waals surface area contributed by atoms with Crippen LogP contribution in [0.25, 0.3) is 21.8 Å². The first-order chi connectivity index (χ1) is 10.4. The molecule has 1 atom stereocenters. The normalized spacial score (nSPS) is 13.9. The number of hydrogen-bond donors (Lipinski definition) is 1. The van der Waals surface area contributed by atoms with Gasteiger partial charge in [0, 0.05) is 34.4 Å². The number of hydrogen-bond acceptors (Lipinski definition) is 1. The molecule has 1 aromatic heterocycles. The average molecular weight is 306 g/mol. The molecule has 116 valence electrons. The Morgan fingerprint density at radius 1 is 1.05 bits per heavy atom. The van der Waals surface area contributed by atoms with E-state index in [1.807, 2.05) is 30.3 Å². The highest BCUT2D eigenvalue weighted by Crippen LogP contribution is 2.33. The summed E-state index contributed by atoms with van der Waals surface area (Å²) in [5.74, 6) is 0. The van der Waals surface area contributed by atoms with Crippen LogP contribution in [0.2, 0.25) is 0 Å². The number of aromatic nitrogens is 1. The van der Waals surface area contributed by atoms with Crippen molar-refractivity contribution in [2.45, 2.75) is 32.1 Å².